The lowest BCUT2D eigenvalue weighted by Crippen LogP contribution is -2.47. The fourth-order valence-corrected chi connectivity index (χ4v) is 2.43. The summed E-state index contributed by atoms with van der Waals surface area (Å²) in [5, 5.41) is 12.5. The molecular weight excluding hydrogens is 225 g/mol. The van der Waals surface area contributed by atoms with E-state index in [0.29, 0.717) is 5.75 Å². The number of aliphatic hydroxyl groups is 1. The van der Waals surface area contributed by atoms with Gasteiger partial charge in [-0.15, -0.1) is 11.8 Å². The lowest BCUT2D eigenvalue weighted by Gasteiger charge is -2.27. The third-order valence-corrected chi connectivity index (χ3v) is 3.67. The Morgan fingerprint density at radius 2 is 2.25 bits per heavy atom. The van der Waals surface area contributed by atoms with Crippen LogP contribution in [0.2, 0.25) is 0 Å². The number of hydrogen-bond acceptors (Lipinski definition) is 3. The first kappa shape index (κ1) is 13.5. The molecule has 0 aromatic heterocycles. The molecule has 0 radical (unpaired) electrons. The van der Waals surface area contributed by atoms with Crippen molar-refractivity contribution in [2.75, 3.05) is 18.9 Å². The Hall–Kier alpha value is -0.580. The summed E-state index contributed by atoms with van der Waals surface area (Å²) in [4.78, 5) is 0.887. The summed E-state index contributed by atoms with van der Waals surface area (Å²) < 4.78 is 12.9. The van der Waals surface area contributed by atoms with Crippen LogP contribution in [-0.4, -0.2) is 29.5 Å². The Balaban J connectivity index is 2.55. The first-order valence-corrected chi connectivity index (χ1v) is 6.32. The number of thioether (sulfide) groups is 1. The zero-order valence-corrected chi connectivity index (χ0v) is 10.5. The average molecular weight is 243 g/mol. The van der Waals surface area contributed by atoms with E-state index in [9.17, 15) is 9.50 Å². The van der Waals surface area contributed by atoms with Gasteiger partial charge < -0.3 is 10.4 Å². The van der Waals surface area contributed by atoms with E-state index in [1.807, 2.05) is 19.9 Å². The Kier molecular flexibility index (Phi) is 5.25. The predicted octanol–water partition coefficient (Wildman–Crippen LogP) is 2.28. The van der Waals surface area contributed by atoms with Crippen LogP contribution in [0.15, 0.2) is 29.2 Å². The number of hydrogen-bond donors (Lipinski definition) is 2. The molecule has 0 spiro atoms. The van der Waals surface area contributed by atoms with E-state index >= 15 is 0 Å². The number of aliphatic hydroxyl groups excluding tert-OH is 1. The SMILES string of the molecule is CCNC(C)(CO)CSc1cccc(F)c1. The van der Waals surface area contributed by atoms with Crippen molar-refractivity contribution in [3.8, 4) is 0 Å². The van der Waals surface area contributed by atoms with Gasteiger partial charge in [0.25, 0.3) is 0 Å². The van der Waals surface area contributed by atoms with Crippen molar-refractivity contribution in [1.29, 1.82) is 0 Å². The molecule has 2 nitrogen and oxygen atoms in total. The summed E-state index contributed by atoms with van der Waals surface area (Å²) in [5.41, 5.74) is -0.314. The molecule has 0 aliphatic rings. The fraction of sp³-hybridized carbons (Fsp3) is 0.500. The monoisotopic (exact) mass is 243 g/mol. The van der Waals surface area contributed by atoms with Gasteiger partial charge in [0.05, 0.1) is 6.61 Å². The third-order valence-electron chi connectivity index (χ3n) is 2.31. The van der Waals surface area contributed by atoms with Gasteiger partial charge in [0.2, 0.25) is 0 Å². The van der Waals surface area contributed by atoms with Crippen LogP contribution in [0.3, 0.4) is 0 Å². The van der Waals surface area contributed by atoms with Crippen LogP contribution >= 0.6 is 11.8 Å². The molecule has 0 amide bonds. The maximum atomic E-state index is 12.9. The van der Waals surface area contributed by atoms with Gasteiger partial charge in [-0.05, 0) is 31.7 Å². The highest BCUT2D eigenvalue weighted by Gasteiger charge is 2.21. The Bertz CT molecular complexity index is 335. The second kappa shape index (κ2) is 6.23. The zero-order valence-electron chi connectivity index (χ0n) is 9.66. The number of benzene rings is 1. The van der Waals surface area contributed by atoms with Crippen molar-refractivity contribution in [1.82, 2.24) is 5.32 Å². The predicted molar refractivity (Wildman–Crippen MR) is 66.3 cm³/mol. The zero-order chi connectivity index (χ0) is 12.0. The highest BCUT2D eigenvalue weighted by Crippen LogP contribution is 2.23. The van der Waals surface area contributed by atoms with Crippen molar-refractivity contribution in [2.45, 2.75) is 24.3 Å². The molecule has 0 bridgehead atoms. The smallest absolute Gasteiger partial charge is 0.124 e. The van der Waals surface area contributed by atoms with Gasteiger partial charge in [0.15, 0.2) is 0 Å². The standard InChI is InChI=1S/C12H18FNOS/c1-3-14-12(2,8-15)9-16-11-6-4-5-10(13)7-11/h4-7,14-15H,3,8-9H2,1-2H3. The van der Waals surface area contributed by atoms with E-state index in [1.165, 1.54) is 12.1 Å². The van der Waals surface area contributed by atoms with Crippen molar-refractivity contribution in [3.63, 3.8) is 0 Å². The van der Waals surface area contributed by atoms with Crippen LogP contribution in [0.4, 0.5) is 4.39 Å². The second-order valence-electron chi connectivity index (χ2n) is 4.00. The lowest BCUT2D eigenvalue weighted by atomic mass is 10.1. The Morgan fingerprint density at radius 3 is 2.81 bits per heavy atom. The van der Waals surface area contributed by atoms with Crippen LogP contribution in [0, 0.1) is 5.82 Å². The summed E-state index contributed by atoms with van der Waals surface area (Å²) >= 11 is 1.54. The van der Waals surface area contributed by atoms with Crippen LogP contribution < -0.4 is 5.32 Å². The molecule has 1 unspecified atom stereocenters. The number of rotatable bonds is 6. The molecule has 2 N–H and O–H groups in total. The first-order chi connectivity index (χ1) is 7.59. The van der Waals surface area contributed by atoms with E-state index in [2.05, 4.69) is 5.32 Å². The summed E-state index contributed by atoms with van der Waals surface area (Å²) in [7, 11) is 0. The highest BCUT2D eigenvalue weighted by atomic mass is 32.2. The molecule has 0 aliphatic carbocycles. The van der Waals surface area contributed by atoms with E-state index < -0.39 is 0 Å². The summed E-state index contributed by atoms with van der Waals surface area (Å²) in [6.07, 6.45) is 0. The van der Waals surface area contributed by atoms with Crippen LogP contribution in [0.25, 0.3) is 0 Å². The molecule has 16 heavy (non-hydrogen) atoms. The maximum absolute atomic E-state index is 12.9. The van der Waals surface area contributed by atoms with Crippen LogP contribution in [0.5, 0.6) is 0 Å². The van der Waals surface area contributed by atoms with E-state index in [1.54, 1.807) is 17.8 Å². The second-order valence-corrected chi connectivity index (χ2v) is 5.04. The molecule has 0 saturated heterocycles. The molecule has 4 heteroatoms. The van der Waals surface area contributed by atoms with Crippen molar-refractivity contribution < 1.29 is 9.50 Å². The van der Waals surface area contributed by atoms with E-state index in [-0.39, 0.29) is 18.0 Å². The summed E-state index contributed by atoms with van der Waals surface area (Å²) in [6.45, 7) is 4.84. The van der Waals surface area contributed by atoms with Crippen molar-refractivity contribution >= 4 is 11.8 Å². The molecule has 0 aliphatic heterocycles. The molecule has 0 fully saturated rings. The van der Waals surface area contributed by atoms with Gasteiger partial charge in [-0.1, -0.05) is 13.0 Å². The topological polar surface area (TPSA) is 32.3 Å². The minimum Gasteiger partial charge on any atom is -0.394 e. The van der Waals surface area contributed by atoms with Crippen molar-refractivity contribution in [2.24, 2.45) is 0 Å². The number of nitrogens with one attached hydrogen (secondary N) is 1. The molecule has 0 heterocycles. The first-order valence-electron chi connectivity index (χ1n) is 5.34. The van der Waals surface area contributed by atoms with Gasteiger partial charge in [-0.2, -0.15) is 0 Å². The minimum atomic E-state index is -0.314. The Morgan fingerprint density at radius 1 is 1.50 bits per heavy atom. The summed E-state index contributed by atoms with van der Waals surface area (Å²) in [5.74, 6) is 0.486. The van der Waals surface area contributed by atoms with Gasteiger partial charge in [-0.25, -0.2) is 4.39 Å². The lowest BCUT2D eigenvalue weighted by molar-refractivity contribution is 0.194. The molecule has 1 aromatic rings. The largest absolute Gasteiger partial charge is 0.394 e. The number of halogens is 1. The van der Waals surface area contributed by atoms with Crippen molar-refractivity contribution in [3.05, 3.63) is 30.1 Å². The Labute approximate surface area is 100 Å². The van der Waals surface area contributed by atoms with Gasteiger partial charge in [0, 0.05) is 16.2 Å². The van der Waals surface area contributed by atoms with Crippen LogP contribution in [-0.2, 0) is 0 Å². The average Bonchev–Trinajstić information content (AvgIpc) is 2.27. The number of likely N-dealkylation sites (N-methyl/N-ethyl adjacent to an activating group) is 1. The van der Waals surface area contributed by atoms with Gasteiger partial charge in [0.1, 0.15) is 5.82 Å². The quantitative estimate of drug-likeness (QED) is 0.752. The van der Waals surface area contributed by atoms with E-state index in [4.69, 9.17) is 0 Å². The minimum absolute atomic E-state index is 0.0726. The van der Waals surface area contributed by atoms with E-state index in [0.717, 1.165) is 11.4 Å². The van der Waals surface area contributed by atoms with Gasteiger partial charge >= 0.3 is 0 Å². The summed E-state index contributed by atoms with van der Waals surface area (Å²) in [6, 6.07) is 6.51. The maximum Gasteiger partial charge on any atom is 0.124 e. The molecule has 0 saturated carbocycles. The molecular formula is C12H18FNOS. The molecule has 1 aromatic carbocycles. The molecule has 90 valence electrons. The molecule has 1 rings (SSSR count). The molecule has 1 atom stereocenters. The van der Waals surface area contributed by atoms with Crippen LogP contribution in [0.1, 0.15) is 13.8 Å². The fourth-order valence-electron chi connectivity index (χ4n) is 1.38. The normalized spacial score (nSPS) is 14.8. The van der Waals surface area contributed by atoms with Gasteiger partial charge in [-0.3, -0.25) is 0 Å². The highest BCUT2D eigenvalue weighted by molar-refractivity contribution is 7.99. The third kappa shape index (κ3) is 4.12.